The molecule has 1 aromatic rings. The van der Waals surface area contributed by atoms with Gasteiger partial charge in [-0.3, -0.25) is 0 Å². The van der Waals surface area contributed by atoms with Crippen LogP contribution in [0, 0.1) is 0 Å². The van der Waals surface area contributed by atoms with E-state index in [9.17, 15) is 0 Å². The quantitative estimate of drug-likeness (QED) is 0.632. The smallest absolute Gasteiger partial charge is 0.170 e. The van der Waals surface area contributed by atoms with Crippen LogP contribution in [-0.2, 0) is 6.54 Å². The molecule has 0 aliphatic carbocycles. The summed E-state index contributed by atoms with van der Waals surface area (Å²) in [5, 5.41) is 0. The Labute approximate surface area is 81.8 Å². The highest BCUT2D eigenvalue weighted by Crippen LogP contribution is 2.01. The van der Waals surface area contributed by atoms with Gasteiger partial charge in [-0.05, 0) is 19.7 Å². The van der Waals surface area contributed by atoms with Gasteiger partial charge in [-0.15, -0.1) is 0 Å². The predicted octanol–water partition coefficient (Wildman–Crippen LogP) is 1.71. The third-order valence-electron chi connectivity index (χ3n) is 2.16. The SMILES string of the molecule is CB(C)c1ccccc1CN(C)C. The van der Waals surface area contributed by atoms with Crippen LogP contribution in [0.4, 0.5) is 0 Å². The van der Waals surface area contributed by atoms with Gasteiger partial charge in [-0.2, -0.15) is 0 Å². The van der Waals surface area contributed by atoms with Crippen molar-refractivity contribution < 1.29 is 0 Å². The van der Waals surface area contributed by atoms with Crippen molar-refractivity contribution in [2.45, 2.75) is 20.2 Å². The van der Waals surface area contributed by atoms with Crippen LogP contribution in [0.1, 0.15) is 5.56 Å². The van der Waals surface area contributed by atoms with Crippen LogP contribution in [0.5, 0.6) is 0 Å². The van der Waals surface area contributed by atoms with E-state index >= 15 is 0 Å². The van der Waals surface area contributed by atoms with Crippen molar-refractivity contribution >= 4 is 12.2 Å². The number of nitrogens with zero attached hydrogens (tertiary/aromatic N) is 1. The molecule has 1 aromatic carbocycles. The Morgan fingerprint density at radius 1 is 1.15 bits per heavy atom. The maximum Gasteiger partial charge on any atom is 0.170 e. The van der Waals surface area contributed by atoms with Crippen LogP contribution in [0.25, 0.3) is 0 Å². The van der Waals surface area contributed by atoms with Crippen LogP contribution in [0.2, 0.25) is 13.6 Å². The Balaban J connectivity index is 2.91. The van der Waals surface area contributed by atoms with E-state index < -0.39 is 0 Å². The number of rotatable bonds is 3. The van der Waals surface area contributed by atoms with Gasteiger partial charge in [0.05, 0.1) is 0 Å². The summed E-state index contributed by atoms with van der Waals surface area (Å²) < 4.78 is 0. The minimum absolute atomic E-state index is 0.621. The van der Waals surface area contributed by atoms with Crippen LogP contribution in [0.15, 0.2) is 24.3 Å². The Morgan fingerprint density at radius 3 is 2.31 bits per heavy atom. The molecule has 0 atom stereocenters. The second-order valence-corrected chi connectivity index (χ2v) is 4.09. The van der Waals surface area contributed by atoms with E-state index in [-0.39, 0.29) is 0 Å². The minimum Gasteiger partial charge on any atom is -0.305 e. The minimum atomic E-state index is 0.621. The molecule has 0 fully saturated rings. The van der Waals surface area contributed by atoms with Crippen LogP contribution in [-0.4, -0.2) is 25.7 Å². The molecule has 0 amide bonds. The van der Waals surface area contributed by atoms with Crippen molar-refractivity contribution in [3.8, 4) is 0 Å². The first-order valence-corrected chi connectivity index (χ1v) is 4.83. The molecule has 0 heterocycles. The van der Waals surface area contributed by atoms with Gasteiger partial charge in [0, 0.05) is 6.54 Å². The third kappa shape index (κ3) is 2.89. The molecular weight excluding hydrogens is 157 g/mol. The first kappa shape index (κ1) is 10.3. The Kier molecular flexibility index (Phi) is 3.55. The Hall–Kier alpha value is -0.755. The van der Waals surface area contributed by atoms with Crippen molar-refractivity contribution in [2.24, 2.45) is 0 Å². The van der Waals surface area contributed by atoms with Crippen LogP contribution >= 0.6 is 0 Å². The van der Waals surface area contributed by atoms with Crippen LogP contribution in [0.3, 0.4) is 0 Å². The molecule has 2 heteroatoms. The molecule has 0 unspecified atom stereocenters. The molecule has 0 spiro atoms. The fourth-order valence-electron chi connectivity index (χ4n) is 1.58. The van der Waals surface area contributed by atoms with E-state index in [0.717, 1.165) is 6.54 Å². The standard InChI is InChI=1S/C11H18BN/c1-12(2)11-8-6-5-7-10(11)9-13(3)4/h5-8H,9H2,1-4H3. The summed E-state index contributed by atoms with van der Waals surface area (Å²) in [4.78, 5) is 2.21. The molecule has 70 valence electrons. The highest BCUT2D eigenvalue weighted by Gasteiger charge is 2.08. The summed E-state index contributed by atoms with van der Waals surface area (Å²) in [6.07, 6.45) is 0. The molecule has 0 bridgehead atoms. The lowest BCUT2D eigenvalue weighted by Gasteiger charge is -2.15. The molecule has 0 radical (unpaired) electrons. The first-order valence-electron chi connectivity index (χ1n) is 4.83. The zero-order valence-corrected chi connectivity index (χ0v) is 9.04. The van der Waals surface area contributed by atoms with E-state index in [1.807, 2.05) is 0 Å². The summed E-state index contributed by atoms with van der Waals surface area (Å²) in [6.45, 7) is 6.15. The average Bonchev–Trinajstić information content (AvgIpc) is 2.03. The van der Waals surface area contributed by atoms with Gasteiger partial charge in [0.15, 0.2) is 6.71 Å². The molecule has 1 nitrogen and oxygen atoms in total. The average molecular weight is 175 g/mol. The number of hydrogen-bond acceptors (Lipinski definition) is 1. The Morgan fingerprint density at radius 2 is 1.77 bits per heavy atom. The molecule has 0 aliphatic rings. The van der Waals surface area contributed by atoms with Gasteiger partial charge >= 0.3 is 0 Å². The van der Waals surface area contributed by atoms with Crippen molar-refractivity contribution in [3.63, 3.8) is 0 Å². The fraction of sp³-hybridized carbons (Fsp3) is 0.455. The second kappa shape index (κ2) is 4.47. The lowest BCUT2D eigenvalue weighted by Crippen LogP contribution is -2.29. The molecule has 1 rings (SSSR count). The third-order valence-corrected chi connectivity index (χ3v) is 2.16. The Bertz CT molecular complexity index is 269. The molecule has 0 saturated heterocycles. The van der Waals surface area contributed by atoms with Gasteiger partial charge in [0.25, 0.3) is 0 Å². The first-order chi connectivity index (χ1) is 6.11. The van der Waals surface area contributed by atoms with E-state index in [1.54, 1.807) is 0 Å². The van der Waals surface area contributed by atoms with Crippen molar-refractivity contribution in [1.29, 1.82) is 0 Å². The van der Waals surface area contributed by atoms with E-state index in [2.05, 4.69) is 56.9 Å². The van der Waals surface area contributed by atoms with E-state index in [0.29, 0.717) is 6.71 Å². The molecule has 0 aromatic heterocycles. The lowest BCUT2D eigenvalue weighted by molar-refractivity contribution is 0.403. The number of hydrogen-bond donors (Lipinski definition) is 0. The lowest BCUT2D eigenvalue weighted by atomic mass is 9.48. The molecule has 0 N–H and O–H groups in total. The molecule has 0 saturated carbocycles. The highest BCUT2D eigenvalue weighted by molar-refractivity contribution is 6.71. The summed E-state index contributed by atoms with van der Waals surface area (Å²) in [7, 11) is 4.22. The van der Waals surface area contributed by atoms with E-state index in [1.165, 1.54) is 11.0 Å². The largest absolute Gasteiger partial charge is 0.305 e. The molecular formula is C11H18BN. The van der Waals surface area contributed by atoms with Gasteiger partial charge in [-0.25, -0.2) is 0 Å². The monoisotopic (exact) mass is 175 g/mol. The summed E-state index contributed by atoms with van der Waals surface area (Å²) in [5.74, 6) is 0. The topological polar surface area (TPSA) is 3.24 Å². The molecule has 13 heavy (non-hydrogen) atoms. The summed E-state index contributed by atoms with van der Waals surface area (Å²) >= 11 is 0. The van der Waals surface area contributed by atoms with Gasteiger partial charge in [-0.1, -0.05) is 43.4 Å². The van der Waals surface area contributed by atoms with Gasteiger partial charge < -0.3 is 4.90 Å². The van der Waals surface area contributed by atoms with Crippen molar-refractivity contribution in [1.82, 2.24) is 4.90 Å². The van der Waals surface area contributed by atoms with Crippen LogP contribution < -0.4 is 5.46 Å². The normalized spacial score (nSPS) is 10.5. The molecule has 0 aliphatic heterocycles. The summed E-state index contributed by atoms with van der Waals surface area (Å²) in [5.41, 5.74) is 2.92. The zero-order valence-electron chi connectivity index (χ0n) is 9.04. The number of benzene rings is 1. The highest BCUT2D eigenvalue weighted by atomic mass is 15.0. The van der Waals surface area contributed by atoms with Crippen molar-refractivity contribution in [3.05, 3.63) is 29.8 Å². The summed E-state index contributed by atoms with van der Waals surface area (Å²) in [6, 6.07) is 8.68. The van der Waals surface area contributed by atoms with E-state index in [4.69, 9.17) is 0 Å². The van der Waals surface area contributed by atoms with Gasteiger partial charge in [0.2, 0.25) is 0 Å². The second-order valence-electron chi connectivity index (χ2n) is 4.09. The maximum atomic E-state index is 2.24. The fourth-order valence-corrected chi connectivity index (χ4v) is 1.58. The maximum absolute atomic E-state index is 2.24. The predicted molar refractivity (Wildman–Crippen MR) is 60.9 cm³/mol. The zero-order chi connectivity index (χ0) is 9.84. The van der Waals surface area contributed by atoms with Crippen molar-refractivity contribution in [2.75, 3.05) is 14.1 Å². The van der Waals surface area contributed by atoms with Gasteiger partial charge in [0.1, 0.15) is 0 Å².